The second-order valence-corrected chi connectivity index (χ2v) is 7.98. The molecule has 0 saturated heterocycles. The van der Waals surface area contributed by atoms with E-state index in [9.17, 15) is 14.4 Å². The van der Waals surface area contributed by atoms with E-state index in [1.165, 1.54) is 23.2 Å². The third kappa shape index (κ3) is 3.39. The summed E-state index contributed by atoms with van der Waals surface area (Å²) in [6, 6.07) is 9.03. The van der Waals surface area contributed by atoms with Crippen molar-refractivity contribution < 1.29 is 4.79 Å². The number of pyridine rings is 1. The van der Waals surface area contributed by atoms with Gasteiger partial charge in [-0.3, -0.25) is 19.1 Å². The van der Waals surface area contributed by atoms with Crippen molar-refractivity contribution >= 4 is 16.9 Å². The number of nitrogens with one attached hydrogen (secondary N) is 1. The molecule has 5 rings (SSSR count). The molecule has 1 aliphatic rings. The van der Waals surface area contributed by atoms with Crippen LogP contribution in [0.1, 0.15) is 47.8 Å². The molecule has 162 valence electrons. The molecule has 3 heterocycles. The highest BCUT2D eigenvalue weighted by molar-refractivity contribution is 5.96. The number of amides is 1. The van der Waals surface area contributed by atoms with Crippen molar-refractivity contribution in [2.24, 2.45) is 0 Å². The molecule has 4 aromatic rings. The van der Waals surface area contributed by atoms with Crippen LogP contribution in [0.4, 0.5) is 0 Å². The first-order valence-corrected chi connectivity index (χ1v) is 10.3. The normalized spacial score (nSPS) is 14.4. The zero-order valence-corrected chi connectivity index (χ0v) is 17.6. The highest BCUT2D eigenvalue weighted by atomic mass is 16.2. The molecule has 1 N–H and O–H groups in total. The Labute approximate surface area is 182 Å². The fourth-order valence-electron chi connectivity index (χ4n) is 3.78. The van der Waals surface area contributed by atoms with Crippen LogP contribution in [0.25, 0.3) is 16.7 Å². The maximum absolute atomic E-state index is 13.1. The summed E-state index contributed by atoms with van der Waals surface area (Å²) in [5.41, 5.74) is 1.42. The van der Waals surface area contributed by atoms with E-state index < -0.39 is 11.2 Å². The molecule has 1 saturated carbocycles. The minimum atomic E-state index is -0.538. The number of hydrogen-bond donors (Lipinski definition) is 1. The van der Waals surface area contributed by atoms with Crippen LogP contribution in [0.15, 0.2) is 58.8 Å². The van der Waals surface area contributed by atoms with Crippen molar-refractivity contribution in [3.63, 3.8) is 0 Å². The summed E-state index contributed by atoms with van der Waals surface area (Å²) in [5, 5.41) is 4.34. The highest BCUT2D eigenvalue weighted by Gasteiger charge is 2.28. The van der Waals surface area contributed by atoms with E-state index in [2.05, 4.69) is 20.1 Å². The summed E-state index contributed by atoms with van der Waals surface area (Å²) in [5.74, 6) is -0.268. The molecule has 1 aromatic carbocycles. The Morgan fingerprint density at radius 2 is 1.97 bits per heavy atom. The number of benzene rings is 1. The van der Waals surface area contributed by atoms with Gasteiger partial charge in [-0.25, -0.2) is 19.4 Å². The molecule has 1 atom stereocenters. The molecule has 0 spiro atoms. The van der Waals surface area contributed by atoms with E-state index in [0.29, 0.717) is 5.65 Å². The highest BCUT2D eigenvalue weighted by Crippen LogP contribution is 2.34. The summed E-state index contributed by atoms with van der Waals surface area (Å²) < 4.78 is 3.16. The van der Waals surface area contributed by atoms with E-state index in [1.807, 2.05) is 31.2 Å². The van der Waals surface area contributed by atoms with Gasteiger partial charge in [0.25, 0.3) is 11.5 Å². The lowest BCUT2D eigenvalue weighted by Crippen LogP contribution is -2.32. The molecular weight excluding hydrogens is 410 g/mol. The van der Waals surface area contributed by atoms with Crippen LogP contribution < -0.4 is 11.2 Å². The molecule has 0 aliphatic heterocycles. The van der Waals surface area contributed by atoms with Crippen LogP contribution in [0.3, 0.4) is 0 Å². The van der Waals surface area contributed by atoms with Gasteiger partial charge in [0.15, 0.2) is 0 Å². The number of hydrogen-bond acceptors (Lipinski definition) is 6. The SMILES string of the molecule is CC(c1ccc(-n2cncn2)cc1)N(C)C(=O)c1cnc2c(c1)c(=O)[nH]c(=O)n2C1CC1. The van der Waals surface area contributed by atoms with Crippen molar-refractivity contribution in [2.75, 3.05) is 7.05 Å². The Balaban J connectivity index is 1.43. The summed E-state index contributed by atoms with van der Waals surface area (Å²) in [6.07, 6.45) is 6.26. The molecule has 3 aromatic heterocycles. The van der Waals surface area contributed by atoms with Crippen LogP contribution >= 0.6 is 0 Å². The average Bonchev–Trinajstić information content (AvgIpc) is 3.49. The first kappa shape index (κ1) is 19.9. The topological polar surface area (TPSA) is 119 Å². The van der Waals surface area contributed by atoms with Crippen LogP contribution in [-0.2, 0) is 0 Å². The molecule has 1 unspecified atom stereocenters. The van der Waals surface area contributed by atoms with E-state index in [4.69, 9.17) is 0 Å². The lowest BCUT2D eigenvalue weighted by molar-refractivity contribution is 0.0742. The molecule has 1 fully saturated rings. The van der Waals surface area contributed by atoms with Gasteiger partial charge >= 0.3 is 5.69 Å². The number of nitrogens with zero attached hydrogens (tertiary/aromatic N) is 6. The second kappa shape index (κ2) is 7.56. The average molecular weight is 431 g/mol. The smallest absolute Gasteiger partial charge is 0.330 e. The number of carbonyl (C=O) groups excluding carboxylic acids is 1. The Kier molecular flexibility index (Phi) is 4.69. The molecule has 10 heteroatoms. The van der Waals surface area contributed by atoms with Crippen LogP contribution in [-0.4, -0.2) is 47.2 Å². The van der Waals surface area contributed by atoms with Gasteiger partial charge in [0.05, 0.1) is 22.7 Å². The van der Waals surface area contributed by atoms with Gasteiger partial charge in [-0.1, -0.05) is 12.1 Å². The predicted octanol–water partition coefficient (Wildman–Crippen LogP) is 1.83. The van der Waals surface area contributed by atoms with Gasteiger partial charge in [0.1, 0.15) is 18.3 Å². The summed E-state index contributed by atoms with van der Waals surface area (Å²) in [6.45, 7) is 1.93. The zero-order chi connectivity index (χ0) is 22.4. The van der Waals surface area contributed by atoms with Crippen LogP contribution in [0.5, 0.6) is 0 Å². The fourth-order valence-corrected chi connectivity index (χ4v) is 3.78. The standard InChI is InChI=1S/C22H21N7O3/c1-13(14-3-5-16(6-4-14)28-12-23-11-25-28)27(2)21(31)15-9-18-19(24-10-15)29(17-7-8-17)22(32)26-20(18)30/h3-6,9-13,17H,7-8H2,1-2H3,(H,26,30,32). The van der Waals surface area contributed by atoms with Crippen molar-refractivity contribution in [1.29, 1.82) is 0 Å². The Hall–Kier alpha value is -4.08. The molecule has 1 aliphatic carbocycles. The number of fused-ring (bicyclic) bond motifs is 1. The fraction of sp³-hybridized carbons (Fsp3) is 0.273. The quantitative estimate of drug-likeness (QED) is 0.515. The Bertz CT molecular complexity index is 1420. The van der Waals surface area contributed by atoms with Crippen molar-refractivity contribution in [3.8, 4) is 5.69 Å². The van der Waals surface area contributed by atoms with Gasteiger partial charge in [0, 0.05) is 19.3 Å². The van der Waals surface area contributed by atoms with Crippen molar-refractivity contribution in [3.05, 3.63) is 81.1 Å². The first-order chi connectivity index (χ1) is 15.4. The van der Waals surface area contributed by atoms with E-state index in [0.717, 1.165) is 24.1 Å². The molecule has 1 amide bonds. The van der Waals surface area contributed by atoms with Gasteiger partial charge in [-0.05, 0) is 43.5 Å². The molecular formula is C22H21N7O3. The summed E-state index contributed by atoms with van der Waals surface area (Å²) in [7, 11) is 1.71. The monoisotopic (exact) mass is 431 g/mol. The maximum atomic E-state index is 13.1. The lowest BCUT2D eigenvalue weighted by Gasteiger charge is -2.25. The van der Waals surface area contributed by atoms with E-state index in [-0.39, 0.29) is 28.9 Å². The van der Waals surface area contributed by atoms with Crippen molar-refractivity contribution in [1.82, 2.24) is 34.2 Å². The van der Waals surface area contributed by atoms with Crippen LogP contribution in [0, 0.1) is 0 Å². The number of rotatable bonds is 5. The minimum Gasteiger partial charge on any atom is -0.335 e. The van der Waals surface area contributed by atoms with Gasteiger partial charge < -0.3 is 4.90 Å². The number of aromatic nitrogens is 6. The first-order valence-electron chi connectivity index (χ1n) is 10.3. The van der Waals surface area contributed by atoms with Gasteiger partial charge in [-0.15, -0.1) is 0 Å². The Morgan fingerprint density at radius 1 is 1.22 bits per heavy atom. The van der Waals surface area contributed by atoms with E-state index in [1.54, 1.807) is 23.0 Å². The molecule has 32 heavy (non-hydrogen) atoms. The Morgan fingerprint density at radius 3 is 2.62 bits per heavy atom. The number of carbonyl (C=O) groups is 1. The van der Waals surface area contributed by atoms with Crippen LogP contribution in [0.2, 0.25) is 0 Å². The lowest BCUT2D eigenvalue weighted by atomic mass is 10.1. The molecule has 0 bridgehead atoms. The maximum Gasteiger partial charge on any atom is 0.330 e. The zero-order valence-electron chi connectivity index (χ0n) is 17.6. The third-order valence-corrected chi connectivity index (χ3v) is 5.90. The third-order valence-electron chi connectivity index (χ3n) is 5.90. The summed E-state index contributed by atoms with van der Waals surface area (Å²) >= 11 is 0. The van der Waals surface area contributed by atoms with Crippen molar-refractivity contribution in [2.45, 2.75) is 31.8 Å². The molecule has 0 radical (unpaired) electrons. The van der Waals surface area contributed by atoms with Gasteiger partial charge in [-0.2, -0.15) is 5.10 Å². The molecule has 10 nitrogen and oxygen atoms in total. The number of aromatic amines is 1. The van der Waals surface area contributed by atoms with E-state index >= 15 is 0 Å². The minimum absolute atomic E-state index is 0.0547. The largest absolute Gasteiger partial charge is 0.335 e. The van der Waals surface area contributed by atoms with Gasteiger partial charge in [0.2, 0.25) is 0 Å². The number of H-pyrrole nitrogens is 1. The predicted molar refractivity (Wildman–Crippen MR) is 117 cm³/mol. The summed E-state index contributed by atoms with van der Waals surface area (Å²) in [4.78, 5) is 49.9. The second-order valence-electron chi connectivity index (χ2n) is 7.98.